The summed E-state index contributed by atoms with van der Waals surface area (Å²) >= 11 is 0. The van der Waals surface area contributed by atoms with Crippen LogP contribution in [0.5, 0.6) is 11.5 Å². The summed E-state index contributed by atoms with van der Waals surface area (Å²) in [5, 5.41) is 3.05. The third-order valence-corrected chi connectivity index (χ3v) is 2.24. The number of nitrogens with one attached hydrogen (secondary N) is 1. The average Bonchev–Trinajstić information content (AvgIpc) is 2.26. The van der Waals surface area contributed by atoms with Crippen LogP contribution in [0.15, 0.2) is 12.1 Å². The van der Waals surface area contributed by atoms with Crippen LogP contribution in [0.1, 0.15) is 12.5 Å². The summed E-state index contributed by atoms with van der Waals surface area (Å²) in [6.45, 7) is 3.77. The lowest BCUT2D eigenvalue weighted by atomic mass is 10.1. The highest BCUT2D eigenvalue weighted by Crippen LogP contribution is 2.32. The van der Waals surface area contributed by atoms with Crippen molar-refractivity contribution in [2.24, 2.45) is 0 Å². The molecule has 0 aliphatic rings. The summed E-state index contributed by atoms with van der Waals surface area (Å²) in [6.07, 6.45) is 0. The number of rotatable bonds is 5. The smallest absolute Gasteiger partial charge is 0.148 e. The molecule has 1 aromatic carbocycles. The van der Waals surface area contributed by atoms with Gasteiger partial charge >= 0.3 is 0 Å². The molecule has 0 saturated heterocycles. The second kappa shape index (κ2) is 5.39. The minimum atomic E-state index is 0.0808. The number of ether oxygens (including phenoxy) is 2. The minimum Gasteiger partial charge on any atom is -0.497 e. The third-order valence-electron chi connectivity index (χ3n) is 2.24. The predicted octanol–water partition coefficient (Wildman–Crippen LogP) is 2.01. The van der Waals surface area contributed by atoms with E-state index >= 15 is 0 Å². The van der Waals surface area contributed by atoms with E-state index in [-0.39, 0.29) is 5.78 Å². The van der Waals surface area contributed by atoms with Crippen molar-refractivity contribution >= 4 is 11.5 Å². The predicted molar refractivity (Wildman–Crippen MR) is 63.5 cm³/mol. The largest absolute Gasteiger partial charge is 0.497 e. The summed E-state index contributed by atoms with van der Waals surface area (Å²) in [5.74, 6) is 1.50. The maximum absolute atomic E-state index is 10.9. The number of carbonyl (C=O) groups is 1. The molecule has 1 N–H and O–H groups in total. The Morgan fingerprint density at radius 1 is 1.31 bits per heavy atom. The van der Waals surface area contributed by atoms with Gasteiger partial charge in [0.15, 0.2) is 0 Å². The molecule has 0 fully saturated rings. The lowest BCUT2D eigenvalue weighted by Gasteiger charge is -2.14. The molecule has 0 bridgehead atoms. The highest BCUT2D eigenvalue weighted by atomic mass is 16.5. The number of carbonyl (C=O) groups excluding carboxylic acids is 1. The van der Waals surface area contributed by atoms with Crippen molar-refractivity contribution in [2.75, 3.05) is 26.1 Å². The number of anilines is 1. The average molecular weight is 223 g/mol. The molecule has 4 heteroatoms. The number of hydrogen-bond acceptors (Lipinski definition) is 4. The Labute approximate surface area is 95.6 Å². The fraction of sp³-hybridized carbons (Fsp3) is 0.417. The number of benzene rings is 1. The van der Waals surface area contributed by atoms with Crippen LogP contribution < -0.4 is 14.8 Å². The fourth-order valence-corrected chi connectivity index (χ4v) is 1.44. The number of hydrogen-bond donors (Lipinski definition) is 1. The van der Waals surface area contributed by atoms with Crippen LogP contribution in [0.25, 0.3) is 0 Å². The molecule has 0 saturated carbocycles. The Bertz CT molecular complexity index is 388. The number of aryl methyl sites for hydroxylation is 1. The van der Waals surface area contributed by atoms with Gasteiger partial charge in [-0.1, -0.05) is 0 Å². The second-order valence-corrected chi connectivity index (χ2v) is 3.58. The quantitative estimate of drug-likeness (QED) is 0.829. The molecule has 88 valence electrons. The Hall–Kier alpha value is -1.71. The van der Waals surface area contributed by atoms with Gasteiger partial charge in [-0.15, -0.1) is 0 Å². The molecule has 0 spiro atoms. The van der Waals surface area contributed by atoms with Crippen LogP contribution in [-0.2, 0) is 4.79 Å². The van der Waals surface area contributed by atoms with Crippen LogP contribution in [-0.4, -0.2) is 26.5 Å². The van der Waals surface area contributed by atoms with Crippen molar-refractivity contribution < 1.29 is 14.3 Å². The van der Waals surface area contributed by atoms with E-state index in [9.17, 15) is 4.79 Å². The molecule has 0 atom stereocenters. The van der Waals surface area contributed by atoms with Crippen LogP contribution >= 0.6 is 0 Å². The van der Waals surface area contributed by atoms with E-state index in [1.165, 1.54) is 0 Å². The van der Waals surface area contributed by atoms with Gasteiger partial charge in [-0.25, -0.2) is 0 Å². The summed E-state index contributed by atoms with van der Waals surface area (Å²) in [5.41, 5.74) is 1.82. The number of Topliss-reactive ketones (excluding diaryl/α,β-unsaturated/α-hetero) is 1. The maximum Gasteiger partial charge on any atom is 0.148 e. The first-order valence-electron chi connectivity index (χ1n) is 5.04. The summed E-state index contributed by atoms with van der Waals surface area (Å²) in [7, 11) is 3.20. The minimum absolute atomic E-state index is 0.0808. The zero-order valence-electron chi connectivity index (χ0n) is 10.1. The molecule has 0 aliphatic carbocycles. The zero-order valence-corrected chi connectivity index (χ0v) is 10.1. The van der Waals surface area contributed by atoms with Gasteiger partial charge in [0.25, 0.3) is 0 Å². The topological polar surface area (TPSA) is 47.6 Å². The van der Waals surface area contributed by atoms with Crippen molar-refractivity contribution in [3.05, 3.63) is 17.7 Å². The van der Waals surface area contributed by atoms with E-state index in [0.717, 1.165) is 17.0 Å². The van der Waals surface area contributed by atoms with Crippen LogP contribution in [0.4, 0.5) is 5.69 Å². The molecular weight excluding hydrogens is 206 g/mol. The van der Waals surface area contributed by atoms with Gasteiger partial charge in [0.05, 0.1) is 26.5 Å². The molecule has 0 heterocycles. The van der Waals surface area contributed by atoms with Crippen molar-refractivity contribution in [1.29, 1.82) is 0 Å². The SMILES string of the molecule is COc1cc(C)c(NCC(C)=O)c(OC)c1. The van der Waals surface area contributed by atoms with E-state index in [2.05, 4.69) is 5.32 Å². The van der Waals surface area contributed by atoms with E-state index in [1.807, 2.05) is 13.0 Å². The Morgan fingerprint density at radius 2 is 2.00 bits per heavy atom. The highest BCUT2D eigenvalue weighted by molar-refractivity contribution is 5.81. The van der Waals surface area contributed by atoms with Crippen molar-refractivity contribution in [2.45, 2.75) is 13.8 Å². The Kier molecular flexibility index (Phi) is 4.17. The van der Waals surface area contributed by atoms with Crippen LogP contribution in [0.3, 0.4) is 0 Å². The first-order valence-corrected chi connectivity index (χ1v) is 5.04. The van der Waals surface area contributed by atoms with Crippen LogP contribution in [0.2, 0.25) is 0 Å². The monoisotopic (exact) mass is 223 g/mol. The van der Waals surface area contributed by atoms with E-state index < -0.39 is 0 Å². The summed E-state index contributed by atoms with van der Waals surface area (Å²) < 4.78 is 10.4. The van der Waals surface area contributed by atoms with Gasteiger partial charge in [0.1, 0.15) is 17.3 Å². The third kappa shape index (κ3) is 2.89. The van der Waals surface area contributed by atoms with Gasteiger partial charge < -0.3 is 14.8 Å². The van der Waals surface area contributed by atoms with Gasteiger partial charge in [-0.3, -0.25) is 4.79 Å². The van der Waals surface area contributed by atoms with Crippen molar-refractivity contribution in [1.82, 2.24) is 0 Å². The van der Waals surface area contributed by atoms with E-state index in [0.29, 0.717) is 12.3 Å². The molecule has 0 amide bonds. The van der Waals surface area contributed by atoms with E-state index in [1.54, 1.807) is 27.2 Å². The molecule has 0 unspecified atom stereocenters. The standard InChI is InChI=1S/C12H17NO3/c1-8-5-10(15-3)6-11(16-4)12(8)13-7-9(2)14/h5-6,13H,7H2,1-4H3. The van der Waals surface area contributed by atoms with Gasteiger partial charge in [0.2, 0.25) is 0 Å². The number of methoxy groups -OCH3 is 2. The van der Waals surface area contributed by atoms with E-state index in [4.69, 9.17) is 9.47 Å². The molecule has 0 radical (unpaired) electrons. The van der Waals surface area contributed by atoms with Gasteiger partial charge in [-0.05, 0) is 25.5 Å². The molecular formula is C12H17NO3. The van der Waals surface area contributed by atoms with Crippen molar-refractivity contribution in [3.63, 3.8) is 0 Å². The second-order valence-electron chi connectivity index (χ2n) is 3.58. The first kappa shape index (κ1) is 12.4. The molecule has 1 aromatic rings. The van der Waals surface area contributed by atoms with Crippen molar-refractivity contribution in [3.8, 4) is 11.5 Å². The Balaban J connectivity index is 3.01. The molecule has 0 aromatic heterocycles. The van der Waals surface area contributed by atoms with Gasteiger partial charge in [0, 0.05) is 6.07 Å². The normalized spacial score (nSPS) is 9.75. The number of ketones is 1. The Morgan fingerprint density at radius 3 is 2.50 bits per heavy atom. The lowest BCUT2D eigenvalue weighted by Crippen LogP contribution is -2.11. The molecule has 16 heavy (non-hydrogen) atoms. The lowest BCUT2D eigenvalue weighted by molar-refractivity contribution is -0.115. The first-order chi connectivity index (χ1) is 7.58. The summed E-state index contributed by atoms with van der Waals surface area (Å²) in [4.78, 5) is 10.9. The highest BCUT2D eigenvalue weighted by Gasteiger charge is 2.09. The molecule has 1 rings (SSSR count). The molecule has 4 nitrogen and oxygen atoms in total. The molecule has 0 aliphatic heterocycles. The van der Waals surface area contributed by atoms with Gasteiger partial charge in [-0.2, -0.15) is 0 Å². The maximum atomic E-state index is 10.9. The van der Waals surface area contributed by atoms with Crippen LogP contribution in [0, 0.1) is 6.92 Å². The fourth-order valence-electron chi connectivity index (χ4n) is 1.44. The zero-order chi connectivity index (χ0) is 12.1. The summed E-state index contributed by atoms with van der Waals surface area (Å²) in [6, 6.07) is 3.68.